The van der Waals surface area contributed by atoms with Crippen molar-refractivity contribution in [1.29, 1.82) is 0 Å². The van der Waals surface area contributed by atoms with Crippen molar-refractivity contribution in [2.75, 3.05) is 14.2 Å². The molecule has 0 saturated heterocycles. The maximum atomic E-state index is 13.2. The molecule has 9 heteroatoms. The van der Waals surface area contributed by atoms with Crippen LogP contribution < -0.4 is 0 Å². The van der Waals surface area contributed by atoms with E-state index >= 15 is 0 Å². The Hall–Kier alpha value is -1.58. The van der Waals surface area contributed by atoms with Crippen LogP contribution in [0.15, 0.2) is 23.1 Å². The molecule has 0 amide bonds. The van der Waals surface area contributed by atoms with Gasteiger partial charge in [-0.15, -0.1) is 0 Å². The van der Waals surface area contributed by atoms with Gasteiger partial charge in [-0.2, -0.15) is 4.39 Å². The summed E-state index contributed by atoms with van der Waals surface area (Å²) >= 11 is 0. The van der Waals surface area contributed by atoms with E-state index in [2.05, 4.69) is 4.84 Å². The van der Waals surface area contributed by atoms with Crippen molar-refractivity contribution in [3.63, 3.8) is 0 Å². The molecule has 17 heavy (non-hydrogen) atoms. The Balaban J connectivity index is 3.53. The Morgan fingerprint density at radius 3 is 2.53 bits per heavy atom. The van der Waals surface area contributed by atoms with Gasteiger partial charge in [-0.05, 0) is 12.1 Å². The van der Waals surface area contributed by atoms with Gasteiger partial charge in [0.2, 0.25) is 5.82 Å². The van der Waals surface area contributed by atoms with Gasteiger partial charge in [0.1, 0.15) is 0 Å². The first kappa shape index (κ1) is 13.5. The van der Waals surface area contributed by atoms with Gasteiger partial charge < -0.3 is 0 Å². The molecular formula is C8H9FN2O5S. The van der Waals surface area contributed by atoms with Gasteiger partial charge in [-0.25, -0.2) is 8.42 Å². The molecule has 7 nitrogen and oxygen atoms in total. The average molecular weight is 264 g/mol. The number of benzene rings is 1. The quantitative estimate of drug-likeness (QED) is 0.595. The molecule has 0 aliphatic carbocycles. The van der Waals surface area contributed by atoms with Crippen LogP contribution >= 0.6 is 0 Å². The van der Waals surface area contributed by atoms with Gasteiger partial charge in [-0.1, -0.05) is 10.5 Å². The van der Waals surface area contributed by atoms with E-state index in [1.54, 1.807) is 0 Å². The summed E-state index contributed by atoms with van der Waals surface area (Å²) in [6, 6.07) is 2.81. The van der Waals surface area contributed by atoms with E-state index < -0.39 is 31.3 Å². The predicted octanol–water partition coefficient (Wildman–Crippen LogP) is 0.916. The molecule has 0 saturated carbocycles. The number of nitro groups is 1. The van der Waals surface area contributed by atoms with Crippen LogP contribution in [-0.2, 0) is 14.9 Å². The molecule has 0 aliphatic rings. The zero-order valence-corrected chi connectivity index (χ0v) is 9.77. The van der Waals surface area contributed by atoms with Gasteiger partial charge in [0.25, 0.3) is 10.0 Å². The minimum Gasteiger partial charge on any atom is -0.288 e. The zero-order valence-electron chi connectivity index (χ0n) is 8.95. The van der Waals surface area contributed by atoms with Crippen LogP contribution in [0.25, 0.3) is 0 Å². The summed E-state index contributed by atoms with van der Waals surface area (Å²) in [6.45, 7) is 0. The topological polar surface area (TPSA) is 89.8 Å². The Bertz CT molecular complexity index is 545. The van der Waals surface area contributed by atoms with Crippen LogP contribution in [0, 0.1) is 15.9 Å². The lowest BCUT2D eigenvalue weighted by Gasteiger charge is -2.13. The van der Waals surface area contributed by atoms with E-state index in [1.165, 1.54) is 0 Å². The second kappa shape index (κ2) is 4.73. The van der Waals surface area contributed by atoms with Crippen molar-refractivity contribution >= 4 is 15.7 Å². The van der Waals surface area contributed by atoms with Gasteiger partial charge in [0, 0.05) is 7.05 Å². The lowest BCUT2D eigenvalue weighted by molar-refractivity contribution is -0.390. The summed E-state index contributed by atoms with van der Waals surface area (Å²) in [7, 11) is -2.14. The Kier molecular flexibility index (Phi) is 3.76. The van der Waals surface area contributed by atoms with Gasteiger partial charge in [-0.3, -0.25) is 15.0 Å². The third kappa shape index (κ3) is 2.40. The number of sulfonamides is 1. The summed E-state index contributed by atoms with van der Waals surface area (Å²) in [5, 5.41) is 10.6. The first-order chi connectivity index (χ1) is 7.82. The van der Waals surface area contributed by atoms with Crippen LogP contribution in [0.1, 0.15) is 0 Å². The Morgan fingerprint density at radius 1 is 1.47 bits per heavy atom. The third-order valence-corrected chi connectivity index (χ3v) is 3.72. The van der Waals surface area contributed by atoms with Crippen LogP contribution in [0.2, 0.25) is 0 Å². The number of nitro benzene ring substituents is 1. The second-order valence-corrected chi connectivity index (χ2v) is 4.85. The molecule has 1 aromatic carbocycles. The fraction of sp³-hybridized carbons (Fsp3) is 0.250. The molecule has 1 rings (SSSR count). The number of para-hydroxylation sites is 1. The molecule has 0 fully saturated rings. The highest BCUT2D eigenvalue weighted by Crippen LogP contribution is 2.28. The zero-order chi connectivity index (χ0) is 13.2. The normalized spacial score (nSPS) is 11.8. The largest absolute Gasteiger partial charge is 0.324 e. The van der Waals surface area contributed by atoms with Crippen molar-refractivity contribution in [3.05, 3.63) is 34.1 Å². The number of hydrogen-bond donors (Lipinski definition) is 0. The molecule has 0 aliphatic heterocycles. The second-order valence-electron chi connectivity index (χ2n) is 2.94. The minimum atomic E-state index is -4.26. The standard InChI is InChI=1S/C8H9FN2O5S/c1-10(16-2)17(14,15)7-5-3-4-6(9)8(7)11(12)13/h3-5H,1-2H3. The highest BCUT2D eigenvalue weighted by atomic mass is 32.2. The first-order valence-electron chi connectivity index (χ1n) is 4.28. The fourth-order valence-corrected chi connectivity index (χ4v) is 2.26. The number of nitrogens with zero attached hydrogens (tertiary/aromatic N) is 2. The van der Waals surface area contributed by atoms with Crippen molar-refractivity contribution in [2.45, 2.75) is 4.90 Å². The maximum absolute atomic E-state index is 13.2. The Labute approximate surface area is 96.6 Å². The van der Waals surface area contributed by atoms with E-state index in [0.29, 0.717) is 4.47 Å². The molecule has 0 bridgehead atoms. The van der Waals surface area contributed by atoms with Crippen LogP contribution in [0.4, 0.5) is 10.1 Å². The minimum absolute atomic E-state index is 0.411. The number of hydroxylamine groups is 1. The molecule has 0 N–H and O–H groups in total. The van der Waals surface area contributed by atoms with Crippen LogP contribution in [0.5, 0.6) is 0 Å². The van der Waals surface area contributed by atoms with Crippen molar-refractivity contribution < 1.29 is 22.6 Å². The van der Waals surface area contributed by atoms with E-state index in [0.717, 1.165) is 32.4 Å². The van der Waals surface area contributed by atoms with Gasteiger partial charge in [0.15, 0.2) is 4.90 Å². The molecule has 94 valence electrons. The van der Waals surface area contributed by atoms with Crippen LogP contribution in [0.3, 0.4) is 0 Å². The summed E-state index contributed by atoms with van der Waals surface area (Å²) in [6.07, 6.45) is 0. The molecule has 0 radical (unpaired) electrons. The highest BCUT2D eigenvalue weighted by Gasteiger charge is 2.32. The Morgan fingerprint density at radius 2 is 2.06 bits per heavy atom. The lowest BCUT2D eigenvalue weighted by atomic mass is 10.3. The van der Waals surface area contributed by atoms with Crippen molar-refractivity contribution in [2.24, 2.45) is 0 Å². The molecule has 0 spiro atoms. The smallest absolute Gasteiger partial charge is 0.288 e. The average Bonchev–Trinajstić information content (AvgIpc) is 2.26. The van der Waals surface area contributed by atoms with E-state index in [1.807, 2.05) is 0 Å². The van der Waals surface area contributed by atoms with Crippen molar-refractivity contribution in [1.82, 2.24) is 4.47 Å². The SMILES string of the molecule is CON(C)S(=O)(=O)c1cccc(F)c1[N+](=O)[O-]. The summed E-state index contributed by atoms with van der Waals surface area (Å²) < 4.78 is 37.2. The van der Waals surface area contributed by atoms with Gasteiger partial charge >= 0.3 is 5.69 Å². The van der Waals surface area contributed by atoms with E-state index in [9.17, 15) is 22.9 Å². The predicted molar refractivity (Wildman–Crippen MR) is 55.0 cm³/mol. The number of halogens is 1. The van der Waals surface area contributed by atoms with Crippen LogP contribution in [-0.4, -0.2) is 32.0 Å². The van der Waals surface area contributed by atoms with Crippen molar-refractivity contribution in [3.8, 4) is 0 Å². The molecule has 0 atom stereocenters. The third-order valence-electron chi connectivity index (χ3n) is 2.01. The van der Waals surface area contributed by atoms with E-state index in [4.69, 9.17) is 0 Å². The summed E-state index contributed by atoms with van der Waals surface area (Å²) in [5.41, 5.74) is -1.10. The lowest BCUT2D eigenvalue weighted by Crippen LogP contribution is -2.26. The molecule has 0 unspecified atom stereocenters. The molecule has 0 heterocycles. The van der Waals surface area contributed by atoms with Gasteiger partial charge in [0.05, 0.1) is 12.0 Å². The monoisotopic (exact) mass is 264 g/mol. The highest BCUT2D eigenvalue weighted by molar-refractivity contribution is 7.89. The number of rotatable bonds is 4. The summed E-state index contributed by atoms with van der Waals surface area (Å²) in [5.74, 6) is -1.22. The number of hydrogen-bond acceptors (Lipinski definition) is 5. The molecule has 0 aromatic heterocycles. The van der Waals surface area contributed by atoms with E-state index in [-0.39, 0.29) is 0 Å². The first-order valence-corrected chi connectivity index (χ1v) is 5.72. The fourth-order valence-electron chi connectivity index (χ4n) is 1.12. The summed E-state index contributed by atoms with van der Waals surface area (Å²) in [4.78, 5) is 13.2. The maximum Gasteiger partial charge on any atom is 0.324 e. The molecular weight excluding hydrogens is 255 g/mol. The molecule has 1 aromatic rings.